The van der Waals surface area contributed by atoms with E-state index in [2.05, 4.69) is 16.0 Å². The molecule has 8 heteroatoms. The summed E-state index contributed by atoms with van der Waals surface area (Å²) in [6, 6.07) is 22.9. The maximum Gasteiger partial charge on any atom is 0.409 e. The number of rotatable bonds is 11. The fourth-order valence-corrected chi connectivity index (χ4v) is 3.55. The molecule has 2 amide bonds. The first-order valence-corrected chi connectivity index (χ1v) is 10.9. The molecule has 3 aromatic rings. The van der Waals surface area contributed by atoms with Crippen molar-refractivity contribution in [2.24, 2.45) is 0 Å². The van der Waals surface area contributed by atoms with E-state index >= 15 is 0 Å². The number of anilines is 1. The Bertz CT molecular complexity index is 1090. The van der Waals surface area contributed by atoms with Crippen LogP contribution in [-0.4, -0.2) is 48.0 Å². The first-order valence-electron chi connectivity index (χ1n) is 10.9. The predicted molar refractivity (Wildman–Crippen MR) is 130 cm³/mol. The highest BCUT2D eigenvalue weighted by molar-refractivity contribution is 5.96. The maximum absolute atomic E-state index is 12.9. The van der Waals surface area contributed by atoms with Crippen molar-refractivity contribution in [2.75, 3.05) is 19.0 Å². The molecule has 0 bridgehead atoms. The molecule has 0 saturated carbocycles. The number of benzene rings is 3. The fourth-order valence-electron chi connectivity index (χ4n) is 3.55. The zero-order valence-corrected chi connectivity index (χ0v) is 18.9. The van der Waals surface area contributed by atoms with Gasteiger partial charge in [-0.15, -0.1) is 0 Å². The zero-order valence-electron chi connectivity index (χ0n) is 18.9. The molecule has 0 radical (unpaired) electrons. The summed E-state index contributed by atoms with van der Waals surface area (Å²) >= 11 is 0. The van der Waals surface area contributed by atoms with Crippen LogP contribution >= 0.6 is 0 Å². The van der Waals surface area contributed by atoms with Crippen LogP contribution in [0.3, 0.4) is 0 Å². The second kappa shape index (κ2) is 12.4. The summed E-state index contributed by atoms with van der Waals surface area (Å²) in [5.74, 6) is 0.357. The summed E-state index contributed by atoms with van der Waals surface area (Å²) in [5, 5.41) is 28.2. The fraction of sp³-hybridized carbons (Fsp3) is 0.231. The molecule has 0 aromatic heterocycles. The van der Waals surface area contributed by atoms with Gasteiger partial charge in [-0.25, -0.2) is 4.79 Å². The van der Waals surface area contributed by atoms with E-state index in [1.54, 1.807) is 25.3 Å². The normalized spacial score (nSPS) is 12.4. The van der Waals surface area contributed by atoms with Gasteiger partial charge < -0.3 is 25.6 Å². The molecule has 2 atom stereocenters. The Morgan fingerprint density at radius 1 is 0.941 bits per heavy atom. The van der Waals surface area contributed by atoms with E-state index in [0.29, 0.717) is 24.2 Å². The van der Waals surface area contributed by atoms with Gasteiger partial charge in [-0.05, 0) is 47.9 Å². The van der Waals surface area contributed by atoms with Crippen LogP contribution in [0.1, 0.15) is 21.5 Å². The van der Waals surface area contributed by atoms with Crippen molar-refractivity contribution in [1.29, 1.82) is 0 Å². The Morgan fingerprint density at radius 3 is 2.41 bits per heavy atom. The van der Waals surface area contributed by atoms with Crippen LogP contribution in [0.4, 0.5) is 10.5 Å². The Morgan fingerprint density at radius 2 is 1.68 bits per heavy atom. The molecule has 178 valence electrons. The molecule has 0 unspecified atom stereocenters. The summed E-state index contributed by atoms with van der Waals surface area (Å²) in [7, 11) is 1.61. The van der Waals surface area contributed by atoms with Gasteiger partial charge in [0.15, 0.2) is 0 Å². The molecular formula is C26H29N3O5. The Hall–Kier alpha value is -3.88. The number of methoxy groups -OCH3 is 1. The smallest absolute Gasteiger partial charge is 0.409 e. The topological polar surface area (TPSA) is 120 Å². The number of amides is 2. The standard InChI is InChI=1S/C26H29N3O5/c1-34-22-12-5-9-19(13-22)16-27-17-24(30)23(14-18-7-3-2-4-8-18)29-25(31)20-10-6-11-21(15-20)28-26(32)33/h2-13,15,23-24,27-28,30H,14,16-17H2,1H3,(H,29,31)(H,32,33)/t23-,24-/m0/s1. The molecule has 0 spiro atoms. The Balaban J connectivity index is 1.67. The van der Waals surface area contributed by atoms with Gasteiger partial charge in [-0.2, -0.15) is 0 Å². The first kappa shape index (κ1) is 24.8. The van der Waals surface area contributed by atoms with Gasteiger partial charge in [0.2, 0.25) is 0 Å². The summed E-state index contributed by atoms with van der Waals surface area (Å²) < 4.78 is 5.24. The highest BCUT2D eigenvalue weighted by Gasteiger charge is 2.22. The van der Waals surface area contributed by atoms with Gasteiger partial charge in [0.25, 0.3) is 5.91 Å². The predicted octanol–water partition coefficient (Wildman–Crippen LogP) is 3.28. The van der Waals surface area contributed by atoms with Crippen LogP contribution in [0.2, 0.25) is 0 Å². The Kier molecular flexibility index (Phi) is 9.02. The van der Waals surface area contributed by atoms with E-state index in [4.69, 9.17) is 9.84 Å². The number of hydrogen-bond donors (Lipinski definition) is 5. The lowest BCUT2D eigenvalue weighted by Gasteiger charge is -2.25. The minimum absolute atomic E-state index is 0.260. The molecule has 0 heterocycles. The van der Waals surface area contributed by atoms with Crippen molar-refractivity contribution in [1.82, 2.24) is 10.6 Å². The Labute approximate surface area is 198 Å². The van der Waals surface area contributed by atoms with Crippen molar-refractivity contribution in [3.8, 4) is 5.75 Å². The summed E-state index contributed by atoms with van der Waals surface area (Å²) in [5.41, 5.74) is 2.57. The molecule has 0 aliphatic rings. The average molecular weight is 464 g/mol. The number of hydrogen-bond acceptors (Lipinski definition) is 5. The van der Waals surface area contributed by atoms with Crippen LogP contribution in [0, 0.1) is 0 Å². The maximum atomic E-state index is 12.9. The van der Waals surface area contributed by atoms with Crippen molar-refractivity contribution >= 4 is 17.7 Å². The molecule has 5 N–H and O–H groups in total. The first-order chi connectivity index (χ1) is 16.4. The minimum Gasteiger partial charge on any atom is -0.497 e. The molecule has 0 aliphatic carbocycles. The molecule has 8 nitrogen and oxygen atoms in total. The van der Waals surface area contributed by atoms with Crippen molar-refractivity contribution < 1.29 is 24.5 Å². The third kappa shape index (κ3) is 7.61. The van der Waals surface area contributed by atoms with Crippen molar-refractivity contribution in [2.45, 2.75) is 25.1 Å². The molecule has 3 rings (SSSR count). The summed E-state index contributed by atoms with van der Waals surface area (Å²) in [6.45, 7) is 0.790. The van der Waals surface area contributed by atoms with Gasteiger partial charge in [-0.3, -0.25) is 10.1 Å². The third-order valence-electron chi connectivity index (χ3n) is 5.27. The van der Waals surface area contributed by atoms with Gasteiger partial charge in [0, 0.05) is 24.3 Å². The number of carboxylic acid groups (broad SMARTS) is 1. The number of aliphatic hydroxyl groups is 1. The number of aliphatic hydroxyl groups excluding tert-OH is 1. The molecule has 3 aromatic carbocycles. The van der Waals surface area contributed by atoms with Crippen LogP contribution in [-0.2, 0) is 13.0 Å². The minimum atomic E-state index is -1.21. The number of carbonyl (C=O) groups is 2. The third-order valence-corrected chi connectivity index (χ3v) is 5.27. The van der Waals surface area contributed by atoms with Crippen LogP contribution in [0.5, 0.6) is 5.75 Å². The lowest BCUT2D eigenvalue weighted by Crippen LogP contribution is -2.48. The van der Waals surface area contributed by atoms with E-state index in [-0.39, 0.29) is 6.54 Å². The van der Waals surface area contributed by atoms with E-state index < -0.39 is 24.1 Å². The molecule has 0 fully saturated rings. The van der Waals surface area contributed by atoms with E-state index in [1.807, 2.05) is 54.6 Å². The second-order valence-corrected chi connectivity index (χ2v) is 7.83. The van der Waals surface area contributed by atoms with Gasteiger partial charge in [0.1, 0.15) is 5.75 Å². The number of ether oxygens (including phenoxy) is 1. The van der Waals surface area contributed by atoms with E-state index in [0.717, 1.165) is 16.9 Å². The largest absolute Gasteiger partial charge is 0.497 e. The SMILES string of the molecule is COc1cccc(CNC[C@H](O)[C@H](Cc2ccccc2)NC(=O)c2cccc(NC(=O)O)c2)c1. The molecule has 0 saturated heterocycles. The van der Waals surface area contributed by atoms with E-state index in [9.17, 15) is 14.7 Å². The van der Waals surface area contributed by atoms with Gasteiger partial charge >= 0.3 is 6.09 Å². The average Bonchev–Trinajstić information content (AvgIpc) is 2.84. The van der Waals surface area contributed by atoms with Crippen LogP contribution in [0.25, 0.3) is 0 Å². The zero-order chi connectivity index (χ0) is 24.3. The van der Waals surface area contributed by atoms with Crippen molar-refractivity contribution in [3.63, 3.8) is 0 Å². The van der Waals surface area contributed by atoms with Crippen molar-refractivity contribution in [3.05, 3.63) is 95.6 Å². The highest BCUT2D eigenvalue weighted by Crippen LogP contribution is 2.14. The van der Waals surface area contributed by atoms with Gasteiger partial charge in [-0.1, -0.05) is 48.5 Å². The second-order valence-electron chi connectivity index (χ2n) is 7.83. The highest BCUT2D eigenvalue weighted by atomic mass is 16.5. The lowest BCUT2D eigenvalue weighted by molar-refractivity contribution is 0.0830. The monoisotopic (exact) mass is 463 g/mol. The lowest BCUT2D eigenvalue weighted by atomic mass is 10.00. The molecular weight excluding hydrogens is 434 g/mol. The van der Waals surface area contributed by atoms with Crippen LogP contribution in [0.15, 0.2) is 78.9 Å². The molecule has 34 heavy (non-hydrogen) atoms. The van der Waals surface area contributed by atoms with E-state index in [1.165, 1.54) is 6.07 Å². The number of carbonyl (C=O) groups excluding carboxylic acids is 1. The summed E-state index contributed by atoms with van der Waals surface area (Å²) in [6.07, 6.45) is -1.64. The van der Waals surface area contributed by atoms with Gasteiger partial charge in [0.05, 0.1) is 19.3 Å². The molecule has 0 aliphatic heterocycles. The number of nitrogens with one attached hydrogen (secondary N) is 3. The quantitative estimate of drug-likeness (QED) is 0.298. The van der Waals surface area contributed by atoms with Crippen LogP contribution < -0.4 is 20.7 Å². The summed E-state index contributed by atoms with van der Waals surface area (Å²) in [4.78, 5) is 23.8.